The Kier molecular flexibility index (Phi) is 6.75. The van der Waals surface area contributed by atoms with Crippen LogP contribution in [0.3, 0.4) is 0 Å². The van der Waals surface area contributed by atoms with E-state index in [4.69, 9.17) is 5.40 Å². The van der Waals surface area contributed by atoms with Gasteiger partial charge in [-0.25, -0.2) is 0 Å². The molecule has 0 aliphatic carbocycles. The summed E-state index contributed by atoms with van der Waals surface area (Å²) >= 11 is 0. The minimum Gasteiger partial charge on any atom is -0.351 e. The van der Waals surface area contributed by atoms with Crippen molar-refractivity contribution in [3.63, 3.8) is 0 Å². The van der Waals surface area contributed by atoms with Crippen molar-refractivity contribution in [1.82, 2.24) is 0 Å². The van der Waals surface area contributed by atoms with Crippen LogP contribution in [0, 0.1) is 0 Å². The first-order chi connectivity index (χ1) is 2.00. The van der Waals surface area contributed by atoms with Gasteiger partial charge >= 0.3 is 0 Å². The van der Waals surface area contributed by atoms with Crippen molar-refractivity contribution in [3.05, 3.63) is 0 Å². The molecule has 0 fully saturated rings. The quantitative estimate of drug-likeness (QED) is 0.470. The van der Waals surface area contributed by atoms with E-state index in [1.165, 1.54) is 0 Å². The summed E-state index contributed by atoms with van der Waals surface area (Å²) < 4.78 is 0. The summed E-state index contributed by atoms with van der Waals surface area (Å²) in [4.78, 5) is 0. The van der Waals surface area contributed by atoms with Crippen LogP contribution in [0.15, 0.2) is 0 Å². The number of hydrogen-bond acceptors (Lipinski definition) is 1. The maximum Gasteiger partial charge on any atom is 0.113 e. The molecule has 0 aromatic carbocycles. The molecule has 0 saturated heterocycles. The van der Waals surface area contributed by atoms with Gasteiger partial charge in [0.1, 0.15) is 8.24 Å². The van der Waals surface area contributed by atoms with Crippen LogP contribution in [0.5, 0.6) is 0 Å². The molecule has 1 nitrogen and oxygen atoms in total. The third-order valence-electron chi connectivity index (χ3n) is 0. The SMILES string of the molecule is C[Si](C)(C)N.[K]. The molecule has 0 aliphatic heterocycles. The van der Waals surface area contributed by atoms with Crippen LogP contribution < -0.4 is 5.40 Å². The first kappa shape index (κ1) is 10.7. The second-order valence-electron chi connectivity index (χ2n) is 2.37. The maximum atomic E-state index is 5.49. The van der Waals surface area contributed by atoms with E-state index in [9.17, 15) is 0 Å². The molecule has 3 heteroatoms. The molecule has 0 unspecified atom stereocenters. The summed E-state index contributed by atoms with van der Waals surface area (Å²) in [6.07, 6.45) is 0. The van der Waals surface area contributed by atoms with Gasteiger partial charge in [0.25, 0.3) is 0 Å². The van der Waals surface area contributed by atoms with Gasteiger partial charge in [-0.3, -0.25) is 0 Å². The first-order valence-corrected chi connectivity index (χ1v) is 5.37. The molecular formula is C3H11KNSi. The van der Waals surface area contributed by atoms with E-state index < -0.39 is 8.24 Å². The van der Waals surface area contributed by atoms with Crippen molar-refractivity contribution in [2.45, 2.75) is 19.6 Å². The molecule has 0 aliphatic rings. The molecule has 6 heavy (non-hydrogen) atoms. The van der Waals surface area contributed by atoms with E-state index in [2.05, 4.69) is 19.6 Å². The predicted octanol–water partition coefficient (Wildman–Crippen LogP) is 0.399. The van der Waals surface area contributed by atoms with Gasteiger partial charge < -0.3 is 5.40 Å². The second-order valence-corrected chi connectivity index (χ2v) is 7.10. The Hall–Kier alpha value is 1.81. The summed E-state index contributed by atoms with van der Waals surface area (Å²) in [5.41, 5.74) is 0. The predicted molar refractivity (Wildman–Crippen MR) is 33.3 cm³/mol. The van der Waals surface area contributed by atoms with Gasteiger partial charge in [0.2, 0.25) is 0 Å². The fourth-order valence-electron chi connectivity index (χ4n) is 0. The molecule has 0 rings (SSSR count). The molecule has 0 bridgehead atoms. The van der Waals surface area contributed by atoms with Crippen molar-refractivity contribution in [2.24, 2.45) is 5.40 Å². The Labute approximate surface area is 83.2 Å². The zero-order chi connectivity index (χ0) is 4.50. The summed E-state index contributed by atoms with van der Waals surface area (Å²) in [5, 5.41) is 5.49. The fourth-order valence-corrected chi connectivity index (χ4v) is 0. The van der Waals surface area contributed by atoms with E-state index in [0.29, 0.717) is 0 Å². The smallest absolute Gasteiger partial charge is 0.113 e. The van der Waals surface area contributed by atoms with Gasteiger partial charge in [-0.1, -0.05) is 19.6 Å². The molecule has 2 N–H and O–H groups in total. The first-order valence-electron chi connectivity index (χ1n) is 1.79. The van der Waals surface area contributed by atoms with Crippen LogP contribution >= 0.6 is 0 Å². The fraction of sp³-hybridized carbons (Fsp3) is 1.00. The van der Waals surface area contributed by atoms with Gasteiger partial charge in [0.15, 0.2) is 0 Å². The Morgan fingerprint density at radius 2 is 1.17 bits per heavy atom. The summed E-state index contributed by atoms with van der Waals surface area (Å²) in [7, 11) is -1.11. The minimum atomic E-state index is -1.11. The zero-order valence-corrected chi connectivity index (χ0v) is 9.20. The molecule has 0 atom stereocenters. The van der Waals surface area contributed by atoms with Crippen LogP contribution in [-0.2, 0) is 0 Å². The number of nitrogens with two attached hydrogens (primary N) is 1. The maximum absolute atomic E-state index is 5.49. The summed E-state index contributed by atoms with van der Waals surface area (Å²) in [6, 6.07) is 0. The van der Waals surface area contributed by atoms with Crippen LogP contribution in [0.2, 0.25) is 19.6 Å². The Balaban J connectivity index is 0. The van der Waals surface area contributed by atoms with Crippen molar-refractivity contribution < 1.29 is 0 Å². The van der Waals surface area contributed by atoms with Crippen LogP contribution in [-0.4, -0.2) is 59.6 Å². The Morgan fingerprint density at radius 3 is 1.17 bits per heavy atom. The van der Waals surface area contributed by atoms with Gasteiger partial charge in [0, 0.05) is 51.4 Å². The topological polar surface area (TPSA) is 26.0 Å². The van der Waals surface area contributed by atoms with Crippen LogP contribution in [0.4, 0.5) is 0 Å². The van der Waals surface area contributed by atoms with Crippen LogP contribution in [0.25, 0.3) is 0 Å². The van der Waals surface area contributed by atoms with E-state index in [0.717, 1.165) is 0 Å². The molecule has 0 aromatic heterocycles. The third kappa shape index (κ3) is 41.0. The monoisotopic (exact) mass is 128 g/mol. The largest absolute Gasteiger partial charge is 0.351 e. The van der Waals surface area contributed by atoms with Crippen molar-refractivity contribution in [2.75, 3.05) is 0 Å². The Morgan fingerprint density at radius 1 is 1.17 bits per heavy atom. The van der Waals surface area contributed by atoms with Gasteiger partial charge in [-0.2, -0.15) is 0 Å². The average Bonchev–Trinajstić information content (AvgIpc) is 0.722. The molecule has 0 aromatic rings. The molecule has 0 saturated carbocycles. The zero-order valence-electron chi connectivity index (χ0n) is 5.08. The second kappa shape index (κ2) is 3.77. The van der Waals surface area contributed by atoms with E-state index >= 15 is 0 Å². The molecule has 33 valence electrons. The molecule has 0 amide bonds. The van der Waals surface area contributed by atoms with E-state index in [-0.39, 0.29) is 51.4 Å². The number of hydrogen-bond donors (Lipinski definition) is 1. The minimum absolute atomic E-state index is 0. The molecule has 0 spiro atoms. The normalized spacial score (nSPS) is 10.0. The standard InChI is InChI=1S/C3H11NSi.K/c1-5(2,3)4;/h4H2,1-3H3;. The van der Waals surface area contributed by atoms with Crippen LogP contribution in [0.1, 0.15) is 0 Å². The Bertz CT molecular complexity index is 26.3. The molecule has 1 radical (unpaired) electrons. The average molecular weight is 128 g/mol. The van der Waals surface area contributed by atoms with Gasteiger partial charge in [-0.15, -0.1) is 0 Å². The summed E-state index contributed by atoms with van der Waals surface area (Å²) in [6.45, 7) is 6.31. The summed E-state index contributed by atoms with van der Waals surface area (Å²) in [5.74, 6) is 0. The molecular weight excluding hydrogens is 117 g/mol. The van der Waals surface area contributed by atoms with E-state index in [1.54, 1.807) is 0 Å². The number of rotatable bonds is 0. The van der Waals surface area contributed by atoms with Gasteiger partial charge in [-0.05, 0) is 0 Å². The van der Waals surface area contributed by atoms with Crippen molar-refractivity contribution in [3.8, 4) is 0 Å². The third-order valence-corrected chi connectivity index (χ3v) is 0. The van der Waals surface area contributed by atoms with E-state index in [1.807, 2.05) is 0 Å². The van der Waals surface area contributed by atoms with Crippen molar-refractivity contribution in [1.29, 1.82) is 0 Å². The van der Waals surface area contributed by atoms with Gasteiger partial charge in [0.05, 0.1) is 0 Å². The van der Waals surface area contributed by atoms with Crippen molar-refractivity contribution >= 4 is 59.6 Å². The molecule has 0 heterocycles.